The number of esters is 1. The number of aromatic nitrogens is 2. The Bertz CT molecular complexity index is 862. The van der Waals surface area contributed by atoms with Crippen LogP contribution in [0.4, 0.5) is 11.8 Å². The van der Waals surface area contributed by atoms with E-state index in [9.17, 15) is 4.79 Å². The molecule has 2 aliphatic rings. The number of hydrogen-bond acceptors (Lipinski definition) is 6. The number of nitrogens with one attached hydrogen (secondary N) is 1. The average Bonchev–Trinajstić information content (AvgIpc) is 2.72. The molecule has 6 heteroatoms. The SMILES string of the molecule is COC(=O)c1ccc2c(c1)CCN(c1cc(C)nc(NC3CCCCC3)n1)C2. The molecule has 6 nitrogen and oxygen atoms in total. The highest BCUT2D eigenvalue weighted by atomic mass is 16.5. The molecule has 0 bridgehead atoms. The lowest BCUT2D eigenvalue weighted by Crippen LogP contribution is -2.32. The van der Waals surface area contributed by atoms with Crippen molar-refractivity contribution < 1.29 is 9.53 Å². The number of fused-ring (bicyclic) bond motifs is 1. The van der Waals surface area contributed by atoms with Crippen LogP contribution >= 0.6 is 0 Å². The van der Waals surface area contributed by atoms with Gasteiger partial charge in [-0.1, -0.05) is 25.3 Å². The van der Waals surface area contributed by atoms with Crippen molar-refractivity contribution >= 4 is 17.7 Å². The van der Waals surface area contributed by atoms with Crippen molar-refractivity contribution in [1.29, 1.82) is 0 Å². The summed E-state index contributed by atoms with van der Waals surface area (Å²) in [5.74, 6) is 1.43. The molecule has 0 radical (unpaired) electrons. The van der Waals surface area contributed by atoms with E-state index in [2.05, 4.69) is 21.3 Å². The molecule has 0 amide bonds. The van der Waals surface area contributed by atoms with E-state index in [0.717, 1.165) is 37.0 Å². The first kappa shape index (κ1) is 18.7. The van der Waals surface area contributed by atoms with E-state index in [0.29, 0.717) is 11.6 Å². The minimum absolute atomic E-state index is 0.282. The Kier molecular flexibility index (Phi) is 5.46. The van der Waals surface area contributed by atoms with E-state index in [1.165, 1.54) is 50.3 Å². The molecule has 1 aromatic carbocycles. The highest BCUT2D eigenvalue weighted by Crippen LogP contribution is 2.26. The van der Waals surface area contributed by atoms with Crippen LogP contribution in [-0.2, 0) is 17.7 Å². The number of carbonyl (C=O) groups excluding carboxylic acids is 1. The maximum Gasteiger partial charge on any atom is 0.337 e. The van der Waals surface area contributed by atoms with Crippen LogP contribution in [0.25, 0.3) is 0 Å². The van der Waals surface area contributed by atoms with Gasteiger partial charge in [0.15, 0.2) is 0 Å². The first-order valence-corrected chi connectivity index (χ1v) is 10.2. The van der Waals surface area contributed by atoms with Gasteiger partial charge in [0.2, 0.25) is 5.95 Å². The van der Waals surface area contributed by atoms with E-state index >= 15 is 0 Å². The molecule has 1 aliphatic carbocycles. The van der Waals surface area contributed by atoms with Crippen LogP contribution in [-0.4, -0.2) is 35.6 Å². The van der Waals surface area contributed by atoms with Crippen molar-refractivity contribution in [2.45, 2.75) is 58.0 Å². The molecule has 4 rings (SSSR count). The van der Waals surface area contributed by atoms with Gasteiger partial charge in [0.05, 0.1) is 12.7 Å². The zero-order valence-electron chi connectivity index (χ0n) is 16.7. The smallest absolute Gasteiger partial charge is 0.337 e. The Morgan fingerprint density at radius 2 is 1.96 bits per heavy atom. The van der Waals surface area contributed by atoms with Gasteiger partial charge in [-0.15, -0.1) is 0 Å². The van der Waals surface area contributed by atoms with Gasteiger partial charge >= 0.3 is 5.97 Å². The predicted octanol–water partition coefficient (Wildman–Crippen LogP) is 3.88. The quantitative estimate of drug-likeness (QED) is 0.812. The summed E-state index contributed by atoms with van der Waals surface area (Å²) in [7, 11) is 1.42. The fourth-order valence-corrected chi connectivity index (χ4v) is 4.20. The standard InChI is InChI=1S/C22H28N4O2/c1-15-12-20(25-22(23-15)24-19-6-4-3-5-7-19)26-11-10-16-13-17(21(27)28-2)8-9-18(16)14-26/h8-9,12-13,19H,3-7,10-11,14H2,1-2H3,(H,23,24,25). The first-order chi connectivity index (χ1) is 13.6. The fraction of sp³-hybridized carbons (Fsp3) is 0.500. The minimum Gasteiger partial charge on any atom is -0.465 e. The summed E-state index contributed by atoms with van der Waals surface area (Å²) in [5.41, 5.74) is 4.05. The van der Waals surface area contributed by atoms with Crippen LogP contribution in [0.1, 0.15) is 59.3 Å². The minimum atomic E-state index is -0.282. The van der Waals surface area contributed by atoms with Crippen LogP contribution in [0.15, 0.2) is 24.3 Å². The van der Waals surface area contributed by atoms with Gasteiger partial charge in [-0.3, -0.25) is 0 Å². The monoisotopic (exact) mass is 380 g/mol. The zero-order valence-corrected chi connectivity index (χ0v) is 16.7. The third-order valence-electron chi connectivity index (χ3n) is 5.74. The molecule has 1 saturated carbocycles. The van der Waals surface area contributed by atoms with Gasteiger partial charge in [-0.2, -0.15) is 4.98 Å². The molecule has 1 N–H and O–H groups in total. The van der Waals surface area contributed by atoms with Crippen LogP contribution in [0.3, 0.4) is 0 Å². The number of nitrogens with zero attached hydrogens (tertiary/aromatic N) is 3. The van der Waals surface area contributed by atoms with Crippen molar-refractivity contribution in [3.05, 3.63) is 46.6 Å². The van der Waals surface area contributed by atoms with Crippen molar-refractivity contribution in [3.8, 4) is 0 Å². The lowest BCUT2D eigenvalue weighted by molar-refractivity contribution is 0.0600. The highest BCUT2D eigenvalue weighted by molar-refractivity contribution is 5.89. The van der Waals surface area contributed by atoms with Gasteiger partial charge in [0.1, 0.15) is 5.82 Å². The molecule has 1 aromatic heterocycles. The van der Waals surface area contributed by atoms with Crippen molar-refractivity contribution in [2.75, 3.05) is 23.9 Å². The molecule has 1 aliphatic heterocycles. The second-order valence-electron chi connectivity index (χ2n) is 7.82. The summed E-state index contributed by atoms with van der Waals surface area (Å²) in [6, 6.07) is 8.38. The molecule has 2 aromatic rings. The predicted molar refractivity (Wildman–Crippen MR) is 110 cm³/mol. The Labute approximate surface area is 166 Å². The van der Waals surface area contributed by atoms with E-state index < -0.39 is 0 Å². The van der Waals surface area contributed by atoms with Crippen molar-refractivity contribution in [1.82, 2.24) is 9.97 Å². The van der Waals surface area contributed by atoms with E-state index in [1.807, 2.05) is 25.1 Å². The normalized spacial score (nSPS) is 17.1. The fourth-order valence-electron chi connectivity index (χ4n) is 4.20. The zero-order chi connectivity index (χ0) is 19.5. The number of methoxy groups -OCH3 is 1. The van der Waals surface area contributed by atoms with E-state index in [4.69, 9.17) is 9.72 Å². The summed E-state index contributed by atoms with van der Waals surface area (Å²) in [6.07, 6.45) is 7.19. The Balaban J connectivity index is 1.51. The summed E-state index contributed by atoms with van der Waals surface area (Å²) in [6.45, 7) is 3.69. The molecule has 148 valence electrons. The number of rotatable bonds is 4. The molecule has 0 atom stereocenters. The largest absolute Gasteiger partial charge is 0.465 e. The summed E-state index contributed by atoms with van der Waals surface area (Å²) < 4.78 is 4.83. The lowest BCUT2D eigenvalue weighted by Gasteiger charge is -2.30. The molecule has 2 heterocycles. The average molecular weight is 380 g/mol. The maximum absolute atomic E-state index is 11.8. The van der Waals surface area contributed by atoms with Gasteiger partial charge in [0, 0.05) is 30.9 Å². The van der Waals surface area contributed by atoms with Crippen LogP contribution in [0.5, 0.6) is 0 Å². The van der Waals surface area contributed by atoms with Gasteiger partial charge in [-0.25, -0.2) is 9.78 Å². The van der Waals surface area contributed by atoms with Gasteiger partial charge < -0.3 is 15.0 Å². The lowest BCUT2D eigenvalue weighted by atomic mass is 9.96. The van der Waals surface area contributed by atoms with Crippen LogP contribution < -0.4 is 10.2 Å². The van der Waals surface area contributed by atoms with E-state index in [1.54, 1.807) is 0 Å². The topological polar surface area (TPSA) is 67.3 Å². The first-order valence-electron chi connectivity index (χ1n) is 10.2. The summed E-state index contributed by atoms with van der Waals surface area (Å²) in [4.78, 5) is 23.5. The van der Waals surface area contributed by atoms with Gasteiger partial charge in [0.25, 0.3) is 0 Å². The van der Waals surface area contributed by atoms with Crippen molar-refractivity contribution in [2.24, 2.45) is 0 Å². The molecule has 28 heavy (non-hydrogen) atoms. The molecule has 0 saturated heterocycles. The molecule has 1 fully saturated rings. The van der Waals surface area contributed by atoms with E-state index in [-0.39, 0.29) is 5.97 Å². The second-order valence-corrected chi connectivity index (χ2v) is 7.82. The Morgan fingerprint density at radius 3 is 2.75 bits per heavy atom. The number of hydrogen-bond donors (Lipinski definition) is 1. The third kappa shape index (κ3) is 4.11. The number of aryl methyl sites for hydroxylation is 1. The number of ether oxygens (including phenoxy) is 1. The molecule has 0 unspecified atom stereocenters. The highest BCUT2D eigenvalue weighted by Gasteiger charge is 2.21. The molecular weight excluding hydrogens is 352 g/mol. The third-order valence-corrected chi connectivity index (χ3v) is 5.74. The van der Waals surface area contributed by atoms with Crippen LogP contribution in [0.2, 0.25) is 0 Å². The Hall–Kier alpha value is -2.63. The molecular formula is C22H28N4O2. The van der Waals surface area contributed by atoms with Crippen molar-refractivity contribution in [3.63, 3.8) is 0 Å². The number of anilines is 2. The van der Waals surface area contributed by atoms with Crippen LogP contribution in [0, 0.1) is 6.92 Å². The van der Waals surface area contributed by atoms with Gasteiger partial charge in [-0.05, 0) is 49.4 Å². The summed E-state index contributed by atoms with van der Waals surface area (Å²) in [5, 5.41) is 3.55. The number of carbonyl (C=O) groups is 1. The summed E-state index contributed by atoms with van der Waals surface area (Å²) >= 11 is 0. The second kappa shape index (κ2) is 8.17. The maximum atomic E-state index is 11.8. The Morgan fingerprint density at radius 1 is 1.14 bits per heavy atom. The number of benzene rings is 1. The molecule has 0 spiro atoms.